The maximum absolute atomic E-state index is 14.1. The average molecular weight is 585 g/mol. The minimum absolute atomic E-state index is 0.110. The number of aromatic hydroxyl groups is 1. The van der Waals surface area contributed by atoms with Gasteiger partial charge in [-0.15, -0.1) is 0 Å². The van der Waals surface area contributed by atoms with Crippen LogP contribution in [0.3, 0.4) is 0 Å². The number of rotatable bonds is 16. The van der Waals surface area contributed by atoms with Gasteiger partial charge in [0, 0.05) is 23.3 Å². The van der Waals surface area contributed by atoms with Crippen LogP contribution in [-0.2, 0) is 6.42 Å². The lowest BCUT2D eigenvalue weighted by Crippen LogP contribution is -2.41. The Labute approximate surface area is 245 Å². The molecule has 226 valence electrons. The Morgan fingerprint density at radius 1 is 0.854 bits per heavy atom. The molecule has 3 aromatic rings. The van der Waals surface area contributed by atoms with Crippen LogP contribution < -0.4 is 19.6 Å². The van der Waals surface area contributed by atoms with E-state index in [1.54, 1.807) is 6.07 Å². The molecule has 2 aromatic carbocycles. The molecule has 1 heterocycles. The molecule has 0 saturated carbocycles. The average Bonchev–Trinajstić information content (AvgIpc) is 2.90. The van der Waals surface area contributed by atoms with Crippen molar-refractivity contribution in [3.63, 3.8) is 0 Å². The van der Waals surface area contributed by atoms with Gasteiger partial charge in [-0.25, -0.2) is 0 Å². The first-order valence-corrected chi connectivity index (χ1v) is 18.0. The van der Waals surface area contributed by atoms with Crippen LogP contribution in [0, 0.1) is 0 Å². The Bertz CT molecular complexity index is 1350. The van der Waals surface area contributed by atoms with Crippen LogP contribution in [0.5, 0.6) is 23.0 Å². The lowest BCUT2D eigenvalue weighted by atomic mass is 9.95. The first kappa shape index (κ1) is 32.5. The Balaban J connectivity index is 2.23. The number of benzene rings is 2. The van der Waals surface area contributed by atoms with E-state index < -0.39 is 13.4 Å². The highest BCUT2D eigenvalue weighted by molar-refractivity contribution is 6.72. The van der Waals surface area contributed by atoms with E-state index in [9.17, 15) is 14.7 Å². The molecule has 1 aromatic heterocycles. The van der Waals surface area contributed by atoms with Crippen molar-refractivity contribution in [1.82, 2.24) is 0 Å². The van der Waals surface area contributed by atoms with Crippen LogP contribution in [0.25, 0.3) is 22.3 Å². The molecule has 0 radical (unpaired) electrons. The van der Waals surface area contributed by atoms with E-state index in [-0.39, 0.29) is 28.6 Å². The number of fused-ring (bicyclic) bond motifs is 1. The highest BCUT2D eigenvalue weighted by Crippen LogP contribution is 2.43. The standard InChI is InChI=1S/C33H48O7Si/c1-8-11-16-37-24-20-26(34)30-29(21-24)40-32(25(31(30)35)22-33(4,5)41(6,7)36)23-14-15-27(38-17-12-9-2)28(19-23)39-18-13-10-3/h14-15,19-21,34,36H,8-13,16-18,22H2,1-7H3. The van der Waals surface area contributed by atoms with E-state index in [0.29, 0.717) is 54.0 Å². The Hall–Kier alpha value is -2.97. The first-order chi connectivity index (χ1) is 19.4. The molecule has 0 aliphatic carbocycles. The van der Waals surface area contributed by atoms with Gasteiger partial charge in [-0.3, -0.25) is 4.79 Å². The summed E-state index contributed by atoms with van der Waals surface area (Å²) in [5, 5.41) is 10.5. The van der Waals surface area contributed by atoms with Crippen LogP contribution in [0.2, 0.25) is 18.1 Å². The minimum Gasteiger partial charge on any atom is -0.507 e. The minimum atomic E-state index is -2.69. The fraction of sp³-hybridized carbons (Fsp3) is 0.545. The molecule has 0 fully saturated rings. The third kappa shape index (κ3) is 8.07. The van der Waals surface area contributed by atoms with Gasteiger partial charge in [-0.05, 0) is 62.0 Å². The van der Waals surface area contributed by atoms with Gasteiger partial charge in [0.15, 0.2) is 25.2 Å². The van der Waals surface area contributed by atoms with Crippen molar-refractivity contribution < 1.29 is 28.5 Å². The monoisotopic (exact) mass is 584 g/mol. The molecule has 0 atom stereocenters. The summed E-state index contributed by atoms with van der Waals surface area (Å²) in [6.07, 6.45) is 5.98. The topological polar surface area (TPSA) is 98.4 Å². The molecule has 8 heteroatoms. The fourth-order valence-electron chi connectivity index (χ4n) is 4.31. The van der Waals surface area contributed by atoms with Crippen molar-refractivity contribution in [1.29, 1.82) is 0 Å². The first-order valence-electron chi connectivity index (χ1n) is 15.0. The molecule has 2 N–H and O–H groups in total. The molecule has 3 rings (SSSR count). The maximum Gasteiger partial charge on any atom is 0.200 e. The summed E-state index contributed by atoms with van der Waals surface area (Å²) in [6, 6.07) is 8.72. The van der Waals surface area contributed by atoms with Crippen molar-refractivity contribution in [3.8, 4) is 34.3 Å². The molecule has 0 spiro atoms. The quantitative estimate of drug-likeness (QED) is 0.129. The van der Waals surface area contributed by atoms with Gasteiger partial charge >= 0.3 is 0 Å². The fourth-order valence-corrected chi connectivity index (χ4v) is 4.92. The Morgan fingerprint density at radius 2 is 1.44 bits per heavy atom. The summed E-state index contributed by atoms with van der Waals surface area (Å²) in [6.45, 7) is 15.6. The molecular weight excluding hydrogens is 536 g/mol. The Morgan fingerprint density at radius 3 is 2.02 bits per heavy atom. The summed E-state index contributed by atoms with van der Waals surface area (Å²) in [7, 11) is -2.69. The molecule has 0 aliphatic heterocycles. The molecule has 7 nitrogen and oxygen atoms in total. The lowest BCUT2D eigenvalue weighted by Gasteiger charge is -2.35. The zero-order valence-electron chi connectivity index (χ0n) is 25.9. The number of phenolic OH excluding ortho intramolecular Hbond substituents is 1. The van der Waals surface area contributed by atoms with Crippen LogP contribution in [0.4, 0.5) is 0 Å². The highest BCUT2D eigenvalue weighted by Gasteiger charge is 2.40. The summed E-state index contributed by atoms with van der Waals surface area (Å²) >= 11 is 0. The summed E-state index contributed by atoms with van der Waals surface area (Å²) < 4.78 is 24.5. The van der Waals surface area contributed by atoms with Gasteiger partial charge < -0.3 is 28.5 Å². The van der Waals surface area contributed by atoms with Gasteiger partial charge in [0.25, 0.3) is 0 Å². The summed E-state index contributed by atoms with van der Waals surface area (Å²) in [5.74, 6) is 1.89. The number of phenols is 1. The van der Waals surface area contributed by atoms with Gasteiger partial charge in [0.1, 0.15) is 28.2 Å². The largest absolute Gasteiger partial charge is 0.507 e. The highest BCUT2D eigenvalue weighted by atomic mass is 28.4. The normalized spacial score (nSPS) is 12.1. The predicted octanol–water partition coefficient (Wildman–Crippen LogP) is 8.22. The Kier molecular flexibility index (Phi) is 11.3. The second kappa shape index (κ2) is 14.3. The van der Waals surface area contributed by atoms with E-state index in [2.05, 4.69) is 20.8 Å². The lowest BCUT2D eigenvalue weighted by molar-refractivity contribution is 0.262. The molecule has 0 aliphatic rings. The molecule has 0 amide bonds. The number of hydrogen-bond acceptors (Lipinski definition) is 7. The van der Waals surface area contributed by atoms with Gasteiger partial charge in [-0.1, -0.05) is 53.9 Å². The maximum atomic E-state index is 14.1. The van der Waals surface area contributed by atoms with E-state index in [0.717, 1.165) is 38.5 Å². The third-order valence-electron chi connectivity index (χ3n) is 7.80. The second-order valence-corrected chi connectivity index (χ2v) is 16.4. The third-order valence-corrected chi connectivity index (χ3v) is 11.3. The molecule has 41 heavy (non-hydrogen) atoms. The van der Waals surface area contributed by atoms with Gasteiger partial charge in [0.2, 0.25) is 0 Å². The van der Waals surface area contributed by atoms with E-state index >= 15 is 0 Å². The van der Waals surface area contributed by atoms with Crippen molar-refractivity contribution in [2.45, 2.75) is 97.7 Å². The van der Waals surface area contributed by atoms with Crippen LogP contribution >= 0.6 is 0 Å². The van der Waals surface area contributed by atoms with Crippen molar-refractivity contribution in [2.75, 3.05) is 19.8 Å². The van der Waals surface area contributed by atoms with Crippen molar-refractivity contribution in [2.24, 2.45) is 0 Å². The van der Waals surface area contributed by atoms with Crippen molar-refractivity contribution in [3.05, 3.63) is 46.1 Å². The van der Waals surface area contributed by atoms with E-state index in [1.165, 1.54) is 6.07 Å². The predicted molar refractivity (Wildman–Crippen MR) is 168 cm³/mol. The van der Waals surface area contributed by atoms with E-state index in [1.807, 2.05) is 45.1 Å². The number of unbranched alkanes of at least 4 members (excludes halogenated alkanes) is 3. The molecule has 0 saturated heterocycles. The zero-order chi connectivity index (χ0) is 30.2. The SMILES string of the molecule is CCCCOc1cc(O)c2c(=O)c(CC(C)(C)[Si](C)(C)O)c(-c3ccc(OCCCC)c(OCCCC)c3)oc2c1. The van der Waals surface area contributed by atoms with Gasteiger partial charge in [0.05, 0.1) is 19.8 Å². The number of hydrogen-bond donors (Lipinski definition) is 2. The smallest absolute Gasteiger partial charge is 0.200 e. The molecule has 0 bridgehead atoms. The van der Waals surface area contributed by atoms with E-state index in [4.69, 9.17) is 18.6 Å². The number of ether oxygens (including phenoxy) is 3. The molecular formula is C33H48O7Si. The van der Waals surface area contributed by atoms with Crippen LogP contribution in [0.15, 0.2) is 39.5 Å². The van der Waals surface area contributed by atoms with Crippen molar-refractivity contribution >= 4 is 19.3 Å². The van der Waals surface area contributed by atoms with Crippen LogP contribution in [0.1, 0.15) is 78.7 Å². The van der Waals surface area contributed by atoms with Gasteiger partial charge in [-0.2, -0.15) is 0 Å². The van der Waals surface area contributed by atoms with Crippen LogP contribution in [-0.4, -0.2) is 38.0 Å². The summed E-state index contributed by atoms with van der Waals surface area (Å²) in [4.78, 5) is 25.1. The summed E-state index contributed by atoms with van der Waals surface area (Å²) in [5.41, 5.74) is 1.00. The molecule has 0 unspecified atom stereocenters. The second-order valence-electron chi connectivity index (χ2n) is 11.9. The zero-order valence-corrected chi connectivity index (χ0v) is 26.9.